The standard InChI is InChI=1S/C21H23N3O5S2/c1-12(2)20(26)23-21-22-13(3)19(30-21)14-5-10-17(29-4)18(11-14)31(27,28)24-15-6-8-16(25)9-7-15/h5-12,24-25H,1-4H3,(H,22,23,26). The zero-order valence-corrected chi connectivity index (χ0v) is 19.1. The molecule has 3 aromatic rings. The quantitative estimate of drug-likeness (QED) is 0.453. The Morgan fingerprint density at radius 1 is 1.16 bits per heavy atom. The van der Waals surface area contributed by atoms with Crippen LogP contribution in [0.2, 0.25) is 0 Å². The third-order valence-corrected chi connectivity index (χ3v) is 6.91. The average molecular weight is 462 g/mol. The summed E-state index contributed by atoms with van der Waals surface area (Å²) in [5.41, 5.74) is 1.61. The molecule has 10 heteroatoms. The number of phenolic OH excluding ortho intramolecular Hbond substituents is 1. The summed E-state index contributed by atoms with van der Waals surface area (Å²) in [6.07, 6.45) is 0. The van der Waals surface area contributed by atoms with Gasteiger partial charge in [0, 0.05) is 11.6 Å². The number of hydrogen-bond acceptors (Lipinski definition) is 7. The lowest BCUT2D eigenvalue weighted by molar-refractivity contribution is -0.118. The fourth-order valence-corrected chi connectivity index (χ4v) is 4.96. The molecule has 0 bridgehead atoms. The van der Waals surface area contributed by atoms with Crippen molar-refractivity contribution in [2.75, 3.05) is 17.1 Å². The fraction of sp³-hybridized carbons (Fsp3) is 0.238. The van der Waals surface area contributed by atoms with Gasteiger partial charge in [-0.3, -0.25) is 9.52 Å². The normalized spacial score (nSPS) is 11.4. The third-order valence-electron chi connectivity index (χ3n) is 4.39. The number of aromatic hydroxyl groups is 1. The number of amides is 1. The first-order valence-corrected chi connectivity index (χ1v) is 11.7. The molecule has 3 N–H and O–H groups in total. The second-order valence-electron chi connectivity index (χ2n) is 7.10. The fourth-order valence-electron chi connectivity index (χ4n) is 2.73. The van der Waals surface area contributed by atoms with Crippen molar-refractivity contribution in [3.63, 3.8) is 0 Å². The summed E-state index contributed by atoms with van der Waals surface area (Å²) < 4.78 is 33.8. The number of benzene rings is 2. The molecule has 3 rings (SSSR count). The van der Waals surface area contributed by atoms with E-state index in [4.69, 9.17) is 4.74 Å². The number of sulfonamides is 1. The minimum Gasteiger partial charge on any atom is -0.508 e. The molecule has 1 amide bonds. The van der Waals surface area contributed by atoms with E-state index in [1.807, 2.05) is 0 Å². The summed E-state index contributed by atoms with van der Waals surface area (Å²) in [6.45, 7) is 5.38. The van der Waals surface area contributed by atoms with E-state index in [-0.39, 0.29) is 28.2 Å². The molecule has 0 saturated heterocycles. The third kappa shape index (κ3) is 5.15. The van der Waals surface area contributed by atoms with Crippen LogP contribution in [-0.2, 0) is 14.8 Å². The van der Waals surface area contributed by atoms with Gasteiger partial charge in [0.2, 0.25) is 5.91 Å². The van der Waals surface area contributed by atoms with E-state index in [1.54, 1.807) is 32.9 Å². The summed E-state index contributed by atoms with van der Waals surface area (Å²) in [6, 6.07) is 10.5. The molecule has 2 aromatic carbocycles. The van der Waals surface area contributed by atoms with E-state index in [0.29, 0.717) is 22.1 Å². The lowest BCUT2D eigenvalue weighted by Gasteiger charge is -2.13. The Morgan fingerprint density at radius 2 is 1.84 bits per heavy atom. The Bertz CT molecular complexity index is 1200. The number of rotatable bonds is 7. The largest absolute Gasteiger partial charge is 0.508 e. The number of carbonyl (C=O) groups excluding carboxylic acids is 1. The van der Waals surface area contributed by atoms with Crippen LogP contribution in [0.3, 0.4) is 0 Å². The average Bonchev–Trinajstić information content (AvgIpc) is 3.09. The maximum atomic E-state index is 13.0. The monoisotopic (exact) mass is 461 g/mol. The van der Waals surface area contributed by atoms with Crippen LogP contribution in [0.5, 0.6) is 11.5 Å². The molecule has 0 fully saturated rings. The maximum Gasteiger partial charge on any atom is 0.265 e. The minimum atomic E-state index is -3.98. The molecule has 0 radical (unpaired) electrons. The number of anilines is 2. The molecular weight excluding hydrogens is 438 g/mol. The van der Waals surface area contributed by atoms with Crippen molar-refractivity contribution in [3.05, 3.63) is 48.2 Å². The highest BCUT2D eigenvalue weighted by Gasteiger charge is 2.22. The minimum absolute atomic E-state index is 0.0311. The predicted octanol–water partition coefficient (Wildman–Crippen LogP) is 4.23. The number of hydrogen-bond donors (Lipinski definition) is 3. The number of phenols is 1. The van der Waals surface area contributed by atoms with Crippen molar-refractivity contribution < 1.29 is 23.1 Å². The second kappa shape index (κ2) is 8.94. The van der Waals surface area contributed by atoms with Crippen molar-refractivity contribution in [2.24, 2.45) is 5.92 Å². The van der Waals surface area contributed by atoms with E-state index in [0.717, 1.165) is 4.88 Å². The summed E-state index contributed by atoms with van der Waals surface area (Å²) in [7, 11) is -2.58. The van der Waals surface area contributed by atoms with Crippen LogP contribution in [0, 0.1) is 12.8 Å². The van der Waals surface area contributed by atoms with E-state index < -0.39 is 10.0 Å². The molecule has 0 atom stereocenters. The second-order valence-corrected chi connectivity index (χ2v) is 9.75. The van der Waals surface area contributed by atoms with Gasteiger partial charge in [0.25, 0.3) is 10.0 Å². The molecule has 0 unspecified atom stereocenters. The Morgan fingerprint density at radius 3 is 2.45 bits per heavy atom. The molecular formula is C21H23N3O5S2. The number of methoxy groups -OCH3 is 1. The first-order chi connectivity index (χ1) is 14.6. The number of thiazole rings is 1. The van der Waals surface area contributed by atoms with Crippen LogP contribution in [0.4, 0.5) is 10.8 Å². The van der Waals surface area contributed by atoms with Gasteiger partial charge in [-0.15, -0.1) is 0 Å². The molecule has 1 heterocycles. The van der Waals surface area contributed by atoms with Gasteiger partial charge in [-0.05, 0) is 55.0 Å². The van der Waals surface area contributed by atoms with Gasteiger partial charge in [-0.2, -0.15) is 0 Å². The number of carbonyl (C=O) groups is 1. The number of nitrogens with one attached hydrogen (secondary N) is 2. The van der Waals surface area contributed by atoms with E-state index in [1.165, 1.54) is 48.8 Å². The van der Waals surface area contributed by atoms with E-state index >= 15 is 0 Å². The molecule has 0 aliphatic heterocycles. The molecule has 0 aliphatic carbocycles. The summed E-state index contributed by atoms with van der Waals surface area (Å²) in [4.78, 5) is 17.1. The van der Waals surface area contributed by atoms with Crippen molar-refractivity contribution in [1.82, 2.24) is 4.98 Å². The Balaban J connectivity index is 1.98. The van der Waals surface area contributed by atoms with Crippen LogP contribution in [0.1, 0.15) is 19.5 Å². The van der Waals surface area contributed by atoms with Gasteiger partial charge in [0.1, 0.15) is 16.4 Å². The van der Waals surface area contributed by atoms with Crippen molar-refractivity contribution in [3.8, 4) is 21.9 Å². The van der Waals surface area contributed by atoms with Crippen LogP contribution in [0.25, 0.3) is 10.4 Å². The first kappa shape index (κ1) is 22.6. The highest BCUT2D eigenvalue weighted by atomic mass is 32.2. The molecule has 0 aliphatic rings. The summed E-state index contributed by atoms with van der Waals surface area (Å²) in [5.74, 6) is -0.109. The predicted molar refractivity (Wildman–Crippen MR) is 121 cm³/mol. The van der Waals surface area contributed by atoms with Gasteiger partial charge in [-0.25, -0.2) is 13.4 Å². The molecule has 0 saturated carbocycles. The molecule has 1 aromatic heterocycles. The lowest BCUT2D eigenvalue weighted by Crippen LogP contribution is -2.17. The molecule has 0 spiro atoms. The summed E-state index contributed by atoms with van der Waals surface area (Å²) in [5, 5.41) is 12.6. The maximum absolute atomic E-state index is 13.0. The van der Waals surface area contributed by atoms with Crippen LogP contribution in [-0.4, -0.2) is 31.5 Å². The highest BCUT2D eigenvalue weighted by Crippen LogP contribution is 2.37. The van der Waals surface area contributed by atoms with Gasteiger partial charge in [0.15, 0.2) is 5.13 Å². The van der Waals surface area contributed by atoms with Crippen molar-refractivity contribution in [1.29, 1.82) is 0 Å². The Kier molecular flexibility index (Phi) is 6.51. The molecule has 164 valence electrons. The molecule has 8 nitrogen and oxygen atoms in total. The summed E-state index contributed by atoms with van der Waals surface area (Å²) >= 11 is 1.27. The number of nitrogens with zero attached hydrogens (tertiary/aromatic N) is 1. The Hall–Kier alpha value is -3.11. The zero-order chi connectivity index (χ0) is 22.8. The topological polar surface area (TPSA) is 118 Å². The van der Waals surface area contributed by atoms with Crippen LogP contribution < -0.4 is 14.8 Å². The number of aromatic nitrogens is 1. The van der Waals surface area contributed by atoms with Gasteiger partial charge in [0.05, 0.1) is 17.7 Å². The van der Waals surface area contributed by atoms with Crippen LogP contribution in [0.15, 0.2) is 47.4 Å². The SMILES string of the molecule is COc1ccc(-c2sc(NC(=O)C(C)C)nc2C)cc1S(=O)(=O)Nc1ccc(O)cc1. The number of ether oxygens (including phenoxy) is 1. The Labute approximate surface area is 185 Å². The van der Waals surface area contributed by atoms with E-state index in [2.05, 4.69) is 15.0 Å². The zero-order valence-electron chi connectivity index (χ0n) is 17.5. The number of aryl methyl sites for hydroxylation is 1. The van der Waals surface area contributed by atoms with Crippen molar-refractivity contribution in [2.45, 2.75) is 25.7 Å². The van der Waals surface area contributed by atoms with Crippen molar-refractivity contribution >= 4 is 38.1 Å². The smallest absolute Gasteiger partial charge is 0.265 e. The first-order valence-electron chi connectivity index (χ1n) is 9.39. The van der Waals surface area contributed by atoms with Gasteiger partial charge < -0.3 is 15.2 Å². The molecule has 31 heavy (non-hydrogen) atoms. The van der Waals surface area contributed by atoms with Crippen LogP contribution >= 0.6 is 11.3 Å². The van der Waals surface area contributed by atoms with Gasteiger partial charge in [-0.1, -0.05) is 25.2 Å². The van der Waals surface area contributed by atoms with Gasteiger partial charge >= 0.3 is 0 Å². The highest BCUT2D eigenvalue weighted by molar-refractivity contribution is 7.92. The van der Waals surface area contributed by atoms with E-state index in [9.17, 15) is 18.3 Å². The lowest BCUT2D eigenvalue weighted by atomic mass is 10.1.